The number of carbonyl (C=O) groups excluding carboxylic acids is 3. The Morgan fingerprint density at radius 3 is 2.74 bits per heavy atom. The Morgan fingerprint density at radius 2 is 2.26 bits per heavy atom. The van der Waals surface area contributed by atoms with Crippen LogP contribution < -0.4 is 5.73 Å². The minimum Gasteiger partial charge on any atom is -0.325 e. The molecule has 0 aliphatic carbocycles. The van der Waals surface area contributed by atoms with Crippen molar-refractivity contribution >= 4 is 29.5 Å². The average molecular weight is 279 g/mol. The lowest BCUT2D eigenvalue weighted by Gasteiger charge is -2.12. The van der Waals surface area contributed by atoms with Gasteiger partial charge in [0.1, 0.15) is 0 Å². The van der Waals surface area contributed by atoms with Gasteiger partial charge in [-0.25, -0.2) is 4.90 Å². The van der Waals surface area contributed by atoms with Crippen LogP contribution in [0.25, 0.3) is 0 Å². The zero-order valence-electron chi connectivity index (χ0n) is 10.3. The van der Waals surface area contributed by atoms with Crippen molar-refractivity contribution in [2.45, 2.75) is 18.2 Å². The number of nitrogens with two attached hydrogens (primary N) is 1. The Bertz CT molecular complexity index is 530. The first kappa shape index (κ1) is 13.7. The summed E-state index contributed by atoms with van der Waals surface area (Å²) in [5.74, 6) is -1.54. The molecule has 1 aromatic rings. The first-order valence-electron chi connectivity index (χ1n) is 5.67. The van der Waals surface area contributed by atoms with Crippen LogP contribution in [0.2, 0.25) is 0 Å². The van der Waals surface area contributed by atoms with E-state index in [4.69, 9.17) is 5.73 Å². The lowest BCUT2D eigenvalue weighted by molar-refractivity contribution is -0.134. The van der Waals surface area contributed by atoms with Crippen molar-refractivity contribution in [2.24, 2.45) is 5.73 Å². The number of nitrogens with zero attached hydrogens (tertiary/aromatic N) is 2. The van der Waals surface area contributed by atoms with Crippen LogP contribution in [-0.2, 0) is 16.1 Å². The molecule has 0 spiro atoms. The molecule has 1 saturated heterocycles. The van der Waals surface area contributed by atoms with Gasteiger partial charge in [-0.1, -0.05) is 0 Å². The molecular formula is C12H13N3O3S. The highest BCUT2D eigenvalue weighted by atomic mass is 32.2. The number of carbonyl (C=O) groups is 3. The van der Waals surface area contributed by atoms with Crippen molar-refractivity contribution < 1.29 is 14.4 Å². The van der Waals surface area contributed by atoms with Crippen LogP contribution in [0.5, 0.6) is 0 Å². The van der Waals surface area contributed by atoms with Crippen LogP contribution in [0.4, 0.5) is 0 Å². The summed E-state index contributed by atoms with van der Waals surface area (Å²) in [5, 5.41) is -0.465. The van der Waals surface area contributed by atoms with E-state index in [1.165, 1.54) is 24.0 Å². The SMILES string of the molecule is CSC1CC(=O)N(C(=O)c2ccc(CN)nc2)C1=O. The summed E-state index contributed by atoms with van der Waals surface area (Å²) in [7, 11) is 0. The molecule has 100 valence electrons. The highest BCUT2D eigenvalue weighted by Gasteiger charge is 2.42. The molecule has 2 N–H and O–H groups in total. The predicted octanol–water partition coefficient (Wildman–Crippen LogP) is 0.171. The van der Waals surface area contributed by atoms with Crippen molar-refractivity contribution in [2.75, 3.05) is 6.26 Å². The maximum absolute atomic E-state index is 12.1. The summed E-state index contributed by atoms with van der Waals surface area (Å²) in [4.78, 5) is 40.5. The molecule has 0 bridgehead atoms. The number of rotatable bonds is 3. The second-order valence-electron chi connectivity index (χ2n) is 4.04. The number of pyridine rings is 1. The molecule has 0 aromatic carbocycles. The Hall–Kier alpha value is -1.73. The zero-order chi connectivity index (χ0) is 14.0. The Morgan fingerprint density at radius 1 is 1.53 bits per heavy atom. The number of amides is 3. The Balaban J connectivity index is 2.23. The molecule has 1 aromatic heterocycles. The van der Waals surface area contributed by atoms with Gasteiger partial charge in [0.2, 0.25) is 11.8 Å². The third-order valence-electron chi connectivity index (χ3n) is 2.87. The normalized spacial score (nSPS) is 19.1. The van der Waals surface area contributed by atoms with Gasteiger partial charge in [0, 0.05) is 19.2 Å². The standard InChI is InChI=1S/C12H13N3O3S/c1-19-9-4-10(16)15(12(9)18)11(17)7-2-3-8(5-13)14-6-7/h2-3,6,9H,4-5,13H2,1H3. The van der Waals surface area contributed by atoms with Gasteiger partial charge in [0.15, 0.2) is 0 Å². The topological polar surface area (TPSA) is 93.4 Å². The highest BCUT2D eigenvalue weighted by molar-refractivity contribution is 8.00. The van der Waals surface area contributed by atoms with Crippen molar-refractivity contribution in [3.63, 3.8) is 0 Å². The fourth-order valence-electron chi connectivity index (χ4n) is 1.80. The van der Waals surface area contributed by atoms with Crippen LogP contribution >= 0.6 is 11.8 Å². The third kappa shape index (κ3) is 2.52. The van der Waals surface area contributed by atoms with Crippen molar-refractivity contribution in [1.82, 2.24) is 9.88 Å². The average Bonchev–Trinajstić information content (AvgIpc) is 2.72. The molecule has 2 heterocycles. The van der Waals surface area contributed by atoms with Gasteiger partial charge in [-0.05, 0) is 18.4 Å². The minimum absolute atomic E-state index is 0.0695. The highest BCUT2D eigenvalue weighted by Crippen LogP contribution is 2.24. The van der Waals surface area contributed by atoms with Crippen LogP contribution in [-0.4, -0.2) is 39.1 Å². The number of aromatic nitrogens is 1. The lowest BCUT2D eigenvalue weighted by Crippen LogP contribution is -2.37. The lowest BCUT2D eigenvalue weighted by atomic mass is 10.2. The fraction of sp³-hybridized carbons (Fsp3) is 0.333. The van der Waals surface area contributed by atoms with E-state index in [1.807, 2.05) is 0 Å². The Kier molecular flexibility index (Phi) is 3.96. The number of likely N-dealkylation sites (tertiary alicyclic amines) is 1. The molecule has 1 atom stereocenters. The quantitative estimate of drug-likeness (QED) is 0.793. The smallest absolute Gasteiger partial charge is 0.268 e. The molecule has 2 rings (SSSR count). The maximum atomic E-state index is 12.1. The molecule has 1 unspecified atom stereocenters. The summed E-state index contributed by atoms with van der Waals surface area (Å²) < 4.78 is 0. The van der Waals surface area contributed by atoms with E-state index in [9.17, 15) is 14.4 Å². The largest absolute Gasteiger partial charge is 0.325 e. The van der Waals surface area contributed by atoms with Gasteiger partial charge in [0.05, 0.1) is 16.5 Å². The first-order valence-corrected chi connectivity index (χ1v) is 6.96. The second kappa shape index (κ2) is 5.50. The van der Waals surface area contributed by atoms with Gasteiger partial charge in [-0.3, -0.25) is 19.4 Å². The van der Waals surface area contributed by atoms with Gasteiger partial charge in [-0.15, -0.1) is 0 Å². The van der Waals surface area contributed by atoms with E-state index in [1.54, 1.807) is 12.3 Å². The molecule has 19 heavy (non-hydrogen) atoms. The molecule has 0 saturated carbocycles. The van der Waals surface area contributed by atoms with Gasteiger partial charge < -0.3 is 5.73 Å². The van der Waals surface area contributed by atoms with E-state index >= 15 is 0 Å². The van der Waals surface area contributed by atoms with E-state index < -0.39 is 23.0 Å². The van der Waals surface area contributed by atoms with Gasteiger partial charge in [-0.2, -0.15) is 11.8 Å². The van der Waals surface area contributed by atoms with Crippen LogP contribution in [0.1, 0.15) is 22.5 Å². The van der Waals surface area contributed by atoms with Crippen LogP contribution in [0.15, 0.2) is 18.3 Å². The number of hydrogen-bond acceptors (Lipinski definition) is 6. The van der Waals surface area contributed by atoms with Crippen molar-refractivity contribution in [3.05, 3.63) is 29.6 Å². The summed E-state index contributed by atoms with van der Waals surface area (Å²) in [6.45, 7) is 0.268. The van der Waals surface area contributed by atoms with Crippen LogP contribution in [0.3, 0.4) is 0 Å². The molecule has 1 aliphatic rings. The second-order valence-corrected chi connectivity index (χ2v) is 5.08. The number of imide groups is 3. The summed E-state index contributed by atoms with van der Waals surface area (Å²) in [6.07, 6.45) is 3.14. The van der Waals surface area contributed by atoms with Crippen molar-refractivity contribution in [1.29, 1.82) is 0 Å². The molecule has 0 radical (unpaired) electrons. The number of hydrogen-bond donors (Lipinski definition) is 1. The van der Waals surface area contributed by atoms with E-state index in [0.29, 0.717) is 10.6 Å². The Labute approximate surface area is 114 Å². The predicted molar refractivity (Wildman–Crippen MR) is 70.2 cm³/mol. The minimum atomic E-state index is -0.623. The van der Waals surface area contributed by atoms with Crippen molar-refractivity contribution in [3.8, 4) is 0 Å². The zero-order valence-corrected chi connectivity index (χ0v) is 11.1. The molecule has 1 fully saturated rings. The fourth-order valence-corrected chi connectivity index (χ4v) is 2.42. The summed E-state index contributed by atoms with van der Waals surface area (Å²) >= 11 is 1.27. The molecule has 3 amide bonds. The van der Waals surface area contributed by atoms with Gasteiger partial charge in [0.25, 0.3) is 5.91 Å². The molecular weight excluding hydrogens is 266 g/mol. The van der Waals surface area contributed by atoms with Gasteiger partial charge >= 0.3 is 0 Å². The molecule has 6 nitrogen and oxygen atoms in total. The van der Waals surface area contributed by atoms with E-state index in [2.05, 4.69) is 4.98 Å². The number of thioether (sulfide) groups is 1. The molecule has 7 heteroatoms. The maximum Gasteiger partial charge on any atom is 0.268 e. The third-order valence-corrected chi connectivity index (χ3v) is 3.81. The van der Waals surface area contributed by atoms with Crippen LogP contribution in [0, 0.1) is 0 Å². The first-order chi connectivity index (χ1) is 9.08. The monoisotopic (exact) mass is 279 g/mol. The summed E-state index contributed by atoms with van der Waals surface area (Å²) in [5.41, 5.74) is 6.26. The summed E-state index contributed by atoms with van der Waals surface area (Å²) in [6, 6.07) is 3.12. The molecule has 1 aliphatic heterocycles. The van der Waals surface area contributed by atoms with E-state index in [-0.39, 0.29) is 18.5 Å². The van der Waals surface area contributed by atoms with E-state index in [0.717, 1.165) is 0 Å².